The van der Waals surface area contributed by atoms with Crippen LogP contribution in [0.3, 0.4) is 0 Å². The highest BCUT2D eigenvalue weighted by molar-refractivity contribution is 9.10. The van der Waals surface area contributed by atoms with Gasteiger partial charge in [0.1, 0.15) is 4.21 Å². The van der Waals surface area contributed by atoms with Crippen molar-refractivity contribution in [2.75, 3.05) is 6.54 Å². The summed E-state index contributed by atoms with van der Waals surface area (Å²) in [6.07, 6.45) is 5.76. The van der Waals surface area contributed by atoms with Crippen molar-refractivity contribution in [2.24, 2.45) is 5.41 Å². The van der Waals surface area contributed by atoms with Crippen LogP contribution in [0.25, 0.3) is 0 Å². The normalized spacial score (nSPS) is 19.2. The lowest BCUT2D eigenvalue weighted by molar-refractivity contribution is 0.286. The van der Waals surface area contributed by atoms with Gasteiger partial charge in [-0.25, -0.2) is 13.1 Å². The summed E-state index contributed by atoms with van der Waals surface area (Å²) in [7, 11) is -3.36. The first kappa shape index (κ1) is 14.5. The van der Waals surface area contributed by atoms with Crippen molar-refractivity contribution in [3.63, 3.8) is 0 Å². The standard InChI is InChI=1S/C12H18BrNO2S2/c1-2-12(6-3-4-7-12)9-14-18(15,16)11-10(13)5-8-17-11/h5,8,14H,2-4,6-7,9H2,1H3. The Balaban J connectivity index is 2.08. The fourth-order valence-corrected chi connectivity index (χ4v) is 6.10. The zero-order valence-corrected chi connectivity index (χ0v) is 13.6. The van der Waals surface area contributed by atoms with Crippen molar-refractivity contribution in [3.05, 3.63) is 15.9 Å². The molecule has 1 aromatic heterocycles. The minimum absolute atomic E-state index is 0.177. The van der Waals surface area contributed by atoms with Gasteiger partial charge >= 0.3 is 0 Å². The van der Waals surface area contributed by atoms with Gasteiger partial charge in [-0.3, -0.25) is 0 Å². The maximum Gasteiger partial charge on any atom is 0.251 e. The third-order valence-corrected chi connectivity index (χ3v) is 7.95. The molecule has 0 amide bonds. The fourth-order valence-electron chi connectivity index (χ4n) is 2.57. The van der Waals surface area contributed by atoms with Crippen molar-refractivity contribution in [1.82, 2.24) is 4.72 Å². The third kappa shape index (κ3) is 2.98. The molecule has 0 aliphatic heterocycles. The second-order valence-electron chi connectivity index (χ2n) is 4.94. The van der Waals surface area contributed by atoms with Gasteiger partial charge in [-0.05, 0) is 52.1 Å². The molecule has 18 heavy (non-hydrogen) atoms. The van der Waals surface area contributed by atoms with Gasteiger partial charge in [0.25, 0.3) is 10.0 Å². The molecule has 0 radical (unpaired) electrons. The molecule has 3 nitrogen and oxygen atoms in total. The molecule has 1 aromatic rings. The van der Waals surface area contributed by atoms with E-state index < -0.39 is 10.0 Å². The molecule has 1 N–H and O–H groups in total. The van der Waals surface area contributed by atoms with Gasteiger partial charge in [0.2, 0.25) is 0 Å². The number of thiophene rings is 1. The number of nitrogens with one attached hydrogen (secondary N) is 1. The molecule has 0 saturated heterocycles. The van der Waals surface area contributed by atoms with Crippen LogP contribution in [0.4, 0.5) is 0 Å². The fraction of sp³-hybridized carbons (Fsp3) is 0.667. The maximum absolute atomic E-state index is 12.2. The summed E-state index contributed by atoms with van der Waals surface area (Å²) in [5.74, 6) is 0. The second-order valence-corrected chi connectivity index (χ2v) is 8.67. The third-order valence-electron chi connectivity index (χ3n) is 3.88. The molecular weight excluding hydrogens is 334 g/mol. The van der Waals surface area contributed by atoms with Crippen molar-refractivity contribution in [1.29, 1.82) is 0 Å². The van der Waals surface area contributed by atoms with E-state index >= 15 is 0 Å². The zero-order chi connectivity index (χ0) is 13.2. The Hall–Kier alpha value is 0.0900. The first-order valence-electron chi connectivity index (χ1n) is 6.22. The topological polar surface area (TPSA) is 46.2 Å². The smallest absolute Gasteiger partial charge is 0.210 e. The molecule has 1 aliphatic rings. The highest BCUT2D eigenvalue weighted by Gasteiger charge is 2.33. The van der Waals surface area contributed by atoms with Crippen LogP contribution >= 0.6 is 27.3 Å². The van der Waals surface area contributed by atoms with E-state index in [0.29, 0.717) is 15.2 Å². The quantitative estimate of drug-likeness (QED) is 0.877. The second kappa shape index (κ2) is 5.61. The van der Waals surface area contributed by atoms with Gasteiger partial charge in [-0.1, -0.05) is 19.8 Å². The van der Waals surface area contributed by atoms with E-state index in [1.165, 1.54) is 24.2 Å². The first-order chi connectivity index (χ1) is 8.49. The molecule has 0 spiro atoms. The van der Waals surface area contributed by atoms with Gasteiger partial charge in [-0.15, -0.1) is 11.3 Å². The molecule has 0 unspecified atom stereocenters. The molecule has 1 saturated carbocycles. The lowest BCUT2D eigenvalue weighted by Crippen LogP contribution is -2.35. The summed E-state index contributed by atoms with van der Waals surface area (Å²) in [4.78, 5) is 0. The summed E-state index contributed by atoms with van der Waals surface area (Å²) in [5, 5.41) is 1.78. The predicted octanol–water partition coefficient (Wildman–Crippen LogP) is 3.76. The van der Waals surface area contributed by atoms with Crippen LogP contribution in [0.15, 0.2) is 20.1 Å². The van der Waals surface area contributed by atoms with E-state index in [4.69, 9.17) is 0 Å². The van der Waals surface area contributed by atoms with E-state index in [0.717, 1.165) is 19.3 Å². The van der Waals surface area contributed by atoms with Crippen LogP contribution < -0.4 is 4.72 Å². The summed E-state index contributed by atoms with van der Waals surface area (Å²) in [5.41, 5.74) is 0.177. The van der Waals surface area contributed by atoms with Crippen LogP contribution in [0.5, 0.6) is 0 Å². The minimum Gasteiger partial charge on any atom is -0.210 e. The number of sulfonamides is 1. The number of rotatable bonds is 5. The van der Waals surface area contributed by atoms with E-state index in [1.54, 1.807) is 11.4 Å². The number of hydrogen-bond donors (Lipinski definition) is 1. The Morgan fingerprint density at radius 1 is 1.44 bits per heavy atom. The number of halogens is 1. The van der Waals surface area contributed by atoms with Gasteiger partial charge in [0, 0.05) is 11.0 Å². The molecule has 0 aromatic carbocycles. The molecule has 6 heteroatoms. The van der Waals surface area contributed by atoms with Crippen molar-refractivity contribution < 1.29 is 8.42 Å². The minimum atomic E-state index is -3.36. The molecular formula is C12H18BrNO2S2. The molecule has 2 rings (SSSR count). The van der Waals surface area contributed by atoms with Crippen molar-refractivity contribution >= 4 is 37.3 Å². The van der Waals surface area contributed by atoms with Gasteiger partial charge in [0.05, 0.1) is 0 Å². The molecule has 1 aliphatic carbocycles. The summed E-state index contributed by atoms with van der Waals surface area (Å²) < 4.78 is 28.2. The van der Waals surface area contributed by atoms with Gasteiger partial charge in [-0.2, -0.15) is 0 Å². The van der Waals surface area contributed by atoms with Crippen LogP contribution in [0.1, 0.15) is 39.0 Å². The lowest BCUT2D eigenvalue weighted by atomic mass is 9.84. The van der Waals surface area contributed by atoms with E-state index in [-0.39, 0.29) is 5.41 Å². The average molecular weight is 352 g/mol. The highest BCUT2D eigenvalue weighted by Crippen LogP contribution is 2.40. The van der Waals surface area contributed by atoms with Crippen molar-refractivity contribution in [2.45, 2.75) is 43.2 Å². The largest absolute Gasteiger partial charge is 0.251 e. The van der Waals surface area contributed by atoms with E-state index in [1.807, 2.05) is 0 Å². The molecule has 1 fully saturated rings. The van der Waals surface area contributed by atoms with Gasteiger partial charge in [0.15, 0.2) is 0 Å². The molecule has 1 heterocycles. The van der Waals surface area contributed by atoms with E-state index in [2.05, 4.69) is 27.6 Å². The van der Waals surface area contributed by atoms with Crippen LogP contribution in [0, 0.1) is 5.41 Å². The Morgan fingerprint density at radius 2 is 2.11 bits per heavy atom. The summed E-state index contributed by atoms with van der Waals surface area (Å²) in [6, 6.07) is 1.77. The highest BCUT2D eigenvalue weighted by atomic mass is 79.9. The first-order valence-corrected chi connectivity index (χ1v) is 9.37. The van der Waals surface area contributed by atoms with Crippen LogP contribution in [-0.2, 0) is 10.0 Å². The Labute approximate surface area is 121 Å². The SMILES string of the molecule is CCC1(CNS(=O)(=O)c2sccc2Br)CCCC1. The lowest BCUT2D eigenvalue weighted by Gasteiger charge is -2.27. The average Bonchev–Trinajstić information content (AvgIpc) is 2.96. The molecule has 102 valence electrons. The van der Waals surface area contributed by atoms with Crippen molar-refractivity contribution in [3.8, 4) is 0 Å². The summed E-state index contributed by atoms with van der Waals surface area (Å²) in [6.45, 7) is 2.72. The number of hydrogen-bond acceptors (Lipinski definition) is 3. The predicted molar refractivity (Wildman–Crippen MR) is 78.4 cm³/mol. The zero-order valence-electron chi connectivity index (χ0n) is 10.4. The molecule has 0 bridgehead atoms. The summed E-state index contributed by atoms with van der Waals surface area (Å²) >= 11 is 4.53. The van der Waals surface area contributed by atoms with Crippen LogP contribution in [0.2, 0.25) is 0 Å². The van der Waals surface area contributed by atoms with Gasteiger partial charge < -0.3 is 0 Å². The Kier molecular flexibility index (Phi) is 4.52. The monoisotopic (exact) mass is 351 g/mol. The Bertz CT molecular complexity index is 504. The van der Waals surface area contributed by atoms with Crippen LogP contribution in [-0.4, -0.2) is 15.0 Å². The van der Waals surface area contributed by atoms with E-state index in [9.17, 15) is 8.42 Å². The maximum atomic E-state index is 12.2. The molecule has 0 atom stereocenters. The Morgan fingerprint density at radius 3 is 2.61 bits per heavy atom.